The van der Waals surface area contributed by atoms with E-state index in [-0.39, 0.29) is 9.84 Å². The maximum Gasteiger partial charge on any atom is 0.344 e. The first-order valence-electron chi connectivity index (χ1n) is 15.9. The molecule has 3 saturated carbocycles. The zero-order valence-electron chi connectivity index (χ0n) is 26.0. The van der Waals surface area contributed by atoms with E-state index in [0.29, 0.717) is 70.6 Å². The number of rotatable bonds is 14. The summed E-state index contributed by atoms with van der Waals surface area (Å²) in [5, 5.41) is 37.1. The summed E-state index contributed by atoms with van der Waals surface area (Å²) in [6.07, 6.45) is 7.46. The highest BCUT2D eigenvalue weighted by molar-refractivity contribution is 14.1. The minimum Gasteiger partial charge on any atom is -0.460 e. The van der Waals surface area contributed by atoms with Crippen molar-refractivity contribution in [3.63, 3.8) is 0 Å². The fourth-order valence-electron chi connectivity index (χ4n) is 9.83. The van der Waals surface area contributed by atoms with Crippen LogP contribution in [-0.2, 0) is 19.1 Å². The molecule has 3 aliphatic carbocycles. The quantitative estimate of drug-likeness (QED) is 0.113. The topological polar surface area (TPSA) is 113 Å². The van der Waals surface area contributed by atoms with Gasteiger partial charge in [-0.25, -0.2) is 4.79 Å². The largest absolute Gasteiger partial charge is 0.460 e. The predicted molar refractivity (Wildman–Crippen MR) is 164 cm³/mol. The van der Waals surface area contributed by atoms with E-state index in [9.17, 15) is 24.9 Å². The highest BCUT2D eigenvalue weighted by atomic mass is 127. The Morgan fingerprint density at radius 2 is 1.32 bits per heavy atom. The summed E-state index contributed by atoms with van der Waals surface area (Å²) in [7, 11) is 0. The molecular weight excluding hydrogens is 623 g/mol. The van der Waals surface area contributed by atoms with E-state index < -0.39 is 57.7 Å². The third-order valence-corrected chi connectivity index (χ3v) is 13.7. The van der Waals surface area contributed by atoms with Gasteiger partial charge in [-0.3, -0.25) is 4.79 Å². The van der Waals surface area contributed by atoms with Gasteiger partial charge in [-0.05, 0) is 83.5 Å². The molecule has 8 heteroatoms. The van der Waals surface area contributed by atoms with Gasteiger partial charge >= 0.3 is 11.9 Å². The average molecular weight is 679 g/mol. The predicted octanol–water partition coefficient (Wildman–Crippen LogP) is 6.27. The van der Waals surface area contributed by atoms with Crippen molar-refractivity contribution in [3.05, 3.63) is 0 Å². The highest BCUT2D eigenvalue weighted by Crippen LogP contribution is 2.77. The Morgan fingerprint density at radius 3 is 1.82 bits per heavy atom. The molecule has 232 valence electrons. The molecule has 3 fully saturated rings. The number of ether oxygens (including phenoxy) is 2. The number of carbonyl (C=O) groups excluding carboxylic acids is 2. The summed E-state index contributed by atoms with van der Waals surface area (Å²) in [5.41, 5.74) is -4.69. The van der Waals surface area contributed by atoms with Gasteiger partial charge in [-0.15, -0.1) is 0 Å². The molecule has 0 aromatic carbocycles. The molecule has 7 nitrogen and oxygen atoms in total. The van der Waals surface area contributed by atoms with E-state index in [1.807, 2.05) is 57.2 Å². The van der Waals surface area contributed by atoms with Crippen molar-refractivity contribution < 1.29 is 34.4 Å². The molecule has 0 saturated heterocycles. The molecule has 0 spiro atoms. The molecule has 6 unspecified atom stereocenters. The lowest BCUT2D eigenvalue weighted by Gasteiger charge is -2.74. The van der Waals surface area contributed by atoms with Gasteiger partial charge in [0.1, 0.15) is 10.0 Å². The molecule has 0 aromatic heterocycles. The van der Waals surface area contributed by atoms with Crippen molar-refractivity contribution >= 4 is 34.5 Å². The minimum atomic E-state index is -1.04. The molecule has 6 atom stereocenters. The standard InChI is InChI=1S/C32H55IO7/c1-8-23(33)26(35)39-18-25(34)40-24-17-28(31(37,11-4)12-5)19-27(30(36,9-2)10-3)16-15-22(24)29(20-27,21-28)32(38,13-6)14-7/h22-24,36-38H,8-21H2,1-7H3. The molecule has 0 amide bonds. The zero-order valence-corrected chi connectivity index (χ0v) is 28.1. The first-order valence-corrected chi connectivity index (χ1v) is 17.1. The Labute approximate surface area is 255 Å². The van der Waals surface area contributed by atoms with Crippen LogP contribution in [0.3, 0.4) is 0 Å². The van der Waals surface area contributed by atoms with Crippen LogP contribution in [-0.4, -0.2) is 60.7 Å². The van der Waals surface area contributed by atoms with Crippen LogP contribution in [0.1, 0.15) is 132 Å². The van der Waals surface area contributed by atoms with Crippen LogP contribution < -0.4 is 0 Å². The third-order valence-electron chi connectivity index (χ3n) is 12.3. The molecule has 3 bridgehead atoms. The molecule has 3 aliphatic rings. The summed E-state index contributed by atoms with van der Waals surface area (Å²) in [6, 6.07) is 0. The maximum absolute atomic E-state index is 13.2. The van der Waals surface area contributed by atoms with Gasteiger partial charge in [0, 0.05) is 22.2 Å². The van der Waals surface area contributed by atoms with Gasteiger partial charge in [-0.2, -0.15) is 0 Å². The van der Waals surface area contributed by atoms with Crippen molar-refractivity contribution in [2.24, 2.45) is 22.2 Å². The van der Waals surface area contributed by atoms with Gasteiger partial charge in [0.05, 0.1) is 16.8 Å². The van der Waals surface area contributed by atoms with Crippen LogP contribution in [0.2, 0.25) is 0 Å². The SMILES string of the molecule is CCC(I)C(=O)OCC(=O)OC1CC2(C(O)(CC)CC)CC3(C(O)(CC)CC)CCC1C(C(O)(CC)CC)(C3)C2. The molecule has 3 rings (SSSR count). The van der Waals surface area contributed by atoms with Gasteiger partial charge < -0.3 is 24.8 Å². The van der Waals surface area contributed by atoms with E-state index in [1.54, 1.807) is 0 Å². The van der Waals surface area contributed by atoms with Crippen molar-refractivity contribution in [1.82, 2.24) is 0 Å². The number of alkyl halides is 1. The van der Waals surface area contributed by atoms with Gasteiger partial charge in [-0.1, -0.05) is 71.1 Å². The molecule has 0 radical (unpaired) electrons. The Kier molecular flexibility index (Phi) is 10.4. The molecule has 40 heavy (non-hydrogen) atoms. The van der Waals surface area contributed by atoms with Crippen LogP contribution in [0.25, 0.3) is 0 Å². The molecule has 3 N–H and O–H groups in total. The average Bonchev–Trinajstić information content (AvgIpc) is 2.96. The first kappa shape index (κ1) is 34.0. The van der Waals surface area contributed by atoms with Gasteiger partial charge in [0.15, 0.2) is 6.61 Å². The Bertz CT molecular complexity index is 899. The fraction of sp³-hybridized carbons (Fsp3) is 0.938. The van der Waals surface area contributed by atoms with E-state index >= 15 is 0 Å². The number of esters is 2. The molecule has 0 aromatic rings. The van der Waals surface area contributed by atoms with Gasteiger partial charge in [0.2, 0.25) is 0 Å². The lowest BCUT2D eigenvalue weighted by Crippen LogP contribution is -2.74. The Hall–Kier alpha value is -0.450. The van der Waals surface area contributed by atoms with Crippen LogP contribution in [0, 0.1) is 22.2 Å². The number of carbonyl (C=O) groups is 2. The number of hydrogen-bond donors (Lipinski definition) is 3. The number of fused-ring (bicyclic) bond motifs is 2. The van der Waals surface area contributed by atoms with Crippen LogP contribution in [0.15, 0.2) is 0 Å². The van der Waals surface area contributed by atoms with E-state index in [1.165, 1.54) is 0 Å². The second kappa shape index (κ2) is 12.3. The van der Waals surface area contributed by atoms with E-state index in [2.05, 4.69) is 13.8 Å². The summed E-state index contributed by atoms with van der Waals surface area (Å²) < 4.78 is 11.2. The minimum absolute atomic E-state index is 0.109. The Balaban J connectivity index is 2.15. The van der Waals surface area contributed by atoms with Crippen LogP contribution in [0.5, 0.6) is 0 Å². The highest BCUT2D eigenvalue weighted by Gasteiger charge is 2.75. The van der Waals surface area contributed by atoms with E-state index in [4.69, 9.17) is 9.47 Å². The molecule has 0 heterocycles. The zero-order chi connectivity index (χ0) is 30.2. The normalized spacial score (nSPS) is 33.0. The Morgan fingerprint density at radius 1 is 0.825 bits per heavy atom. The number of halogens is 1. The molecular formula is C32H55IO7. The first-order chi connectivity index (χ1) is 18.7. The summed E-state index contributed by atoms with van der Waals surface area (Å²) in [5.74, 6) is -1.11. The van der Waals surface area contributed by atoms with Crippen molar-refractivity contribution in [2.75, 3.05) is 6.61 Å². The molecule has 0 aliphatic heterocycles. The lowest BCUT2D eigenvalue weighted by atomic mass is 9.32. The smallest absolute Gasteiger partial charge is 0.344 e. The second-order valence-corrected chi connectivity index (χ2v) is 14.8. The fourth-order valence-corrected chi connectivity index (χ4v) is 10.0. The van der Waals surface area contributed by atoms with E-state index in [0.717, 1.165) is 12.8 Å². The summed E-state index contributed by atoms with van der Waals surface area (Å²) >= 11 is 2.01. The van der Waals surface area contributed by atoms with Crippen molar-refractivity contribution in [1.29, 1.82) is 0 Å². The lowest BCUT2D eigenvalue weighted by molar-refractivity contribution is -0.323. The third kappa shape index (κ3) is 5.17. The van der Waals surface area contributed by atoms with Crippen molar-refractivity contribution in [2.45, 2.75) is 159 Å². The van der Waals surface area contributed by atoms with Crippen molar-refractivity contribution in [3.8, 4) is 0 Å². The second-order valence-electron chi connectivity index (χ2n) is 13.3. The number of aliphatic hydroxyl groups is 3. The summed E-state index contributed by atoms with van der Waals surface area (Å²) in [6.45, 7) is 13.6. The monoisotopic (exact) mass is 678 g/mol. The number of hydrogen-bond acceptors (Lipinski definition) is 7. The van der Waals surface area contributed by atoms with Crippen LogP contribution in [0.4, 0.5) is 0 Å². The maximum atomic E-state index is 13.2. The van der Waals surface area contributed by atoms with Gasteiger partial charge in [0.25, 0.3) is 0 Å². The summed E-state index contributed by atoms with van der Waals surface area (Å²) in [4.78, 5) is 25.4. The van der Waals surface area contributed by atoms with Crippen LogP contribution >= 0.6 is 22.6 Å².